The molecule has 7 heteroatoms. The minimum absolute atomic E-state index is 0.155. The molecule has 0 bridgehead atoms. The first kappa shape index (κ1) is 24.1. The largest absolute Gasteiger partial charge is 0.386 e. The number of aliphatic hydroxyl groups is 3. The van der Waals surface area contributed by atoms with Crippen LogP contribution in [0.5, 0.6) is 0 Å². The summed E-state index contributed by atoms with van der Waals surface area (Å²) < 4.78 is 6.31. The Balaban J connectivity index is 1.56. The Morgan fingerprint density at radius 3 is 2.50 bits per heavy atom. The van der Waals surface area contributed by atoms with Crippen LogP contribution in [-0.2, 0) is 4.74 Å². The van der Waals surface area contributed by atoms with Crippen molar-refractivity contribution in [2.75, 3.05) is 19.8 Å². The Labute approximate surface area is 192 Å². The van der Waals surface area contributed by atoms with E-state index in [0.29, 0.717) is 23.4 Å². The van der Waals surface area contributed by atoms with Gasteiger partial charge in [0.15, 0.2) is 0 Å². The van der Waals surface area contributed by atoms with E-state index in [0.717, 1.165) is 32.6 Å². The van der Waals surface area contributed by atoms with Gasteiger partial charge in [0.1, 0.15) is 30.1 Å². The highest BCUT2D eigenvalue weighted by atomic mass is 16.6. The second-order valence-electron chi connectivity index (χ2n) is 10.5. The van der Waals surface area contributed by atoms with E-state index in [-0.39, 0.29) is 6.17 Å². The van der Waals surface area contributed by atoms with Crippen molar-refractivity contribution in [2.45, 2.75) is 95.7 Å². The molecule has 3 unspecified atom stereocenters. The Hall–Kier alpha value is -1.06. The predicted octanol–water partition coefficient (Wildman–Crippen LogP) is 1.99. The maximum Gasteiger partial charge on any atom is 0.141 e. The lowest BCUT2D eigenvalue weighted by atomic mass is 9.87. The second-order valence-corrected chi connectivity index (χ2v) is 10.5. The Kier molecular flexibility index (Phi) is 6.99. The third-order valence-electron chi connectivity index (χ3n) is 7.88. The summed E-state index contributed by atoms with van der Waals surface area (Å²) in [6, 6.07) is 8.18. The second kappa shape index (κ2) is 9.29. The summed E-state index contributed by atoms with van der Waals surface area (Å²) in [4.78, 5) is 4.63. The summed E-state index contributed by atoms with van der Waals surface area (Å²) in [5, 5.41) is 37.2. The first-order chi connectivity index (χ1) is 15.2. The Morgan fingerprint density at radius 1 is 1.22 bits per heavy atom. The zero-order valence-corrected chi connectivity index (χ0v) is 20.1. The topological polar surface area (TPSA) is 88.4 Å². The molecule has 7 nitrogen and oxygen atoms in total. The summed E-state index contributed by atoms with van der Waals surface area (Å²) in [7, 11) is 0. The van der Waals surface area contributed by atoms with E-state index in [1.54, 1.807) is 6.92 Å². The van der Waals surface area contributed by atoms with Gasteiger partial charge in [-0.2, -0.15) is 0 Å². The molecule has 0 spiro atoms. The summed E-state index contributed by atoms with van der Waals surface area (Å²) >= 11 is 0. The van der Waals surface area contributed by atoms with Crippen molar-refractivity contribution in [1.29, 1.82) is 0 Å². The van der Waals surface area contributed by atoms with Gasteiger partial charge in [-0.25, -0.2) is 0 Å². The average Bonchev–Trinajstić information content (AvgIpc) is 3.30. The van der Waals surface area contributed by atoms with Gasteiger partial charge < -0.3 is 25.4 Å². The highest BCUT2D eigenvalue weighted by Gasteiger charge is 2.59. The molecule has 0 aromatic heterocycles. The molecule has 3 heterocycles. The first-order valence-corrected chi connectivity index (χ1v) is 12.2. The van der Waals surface area contributed by atoms with E-state index in [2.05, 4.69) is 42.8 Å². The number of hydrogen-bond acceptors (Lipinski definition) is 7. The molecule has 0 amide bonds. The number of rotatable bonds is 6. The van der Waals surface area contributed by atoms with Crippen LogP contribution < -0.4 is 5.32 Å². The molecule has 0 aliphatic carbocycles. The fourth-order valence-corrected chi connectivity index (χ4v) is 5.82. The normalized spacial score (nSPS) is 39.5. The predicted molar refractivity (Wildman–Crippen MR) is 124 cm³/mol. The van der Waals surface area contributed by atoms with E-state index in [4.69, 9.17) is 4.74 Å². The summed E-state index contributed by atoms with van der Waals surface area (Å²) in [5.41, 5.74) is 0.319. The molecule has 0 saturated carbocycles. The van der Waals surface area contributed by atoms with Gasteiger partial charge in [-0.1, -0.05) is 45.0 Å². The maximum atomic E-state index is 11.3. The van der Waals surface area contributed by atoms with E-state index in [1.807, 2.05) is 24.3 Å². The Bertz CT molecular complexity index is 771. The maximum absolute atomic E-state index is 11.3. The van der Waals surface area contributed by atoms with Crippen molar-refractivity contribution in [3.63, 3.8) is 0 Å². The van der Waals surface area contributed by atoms with Crippen molar-refractivity contribution >= 4 is 0 Å². The molecular weight excluding hydrogens is 406 g/mol. The van der Waals surface area contributed by atoms with Crippen molar-refractivity contribution in [1.82, 2.24) is 15.1 Å². The fourth-order valence-electron chi connectivity index (χ4n) is 5.82. The number of ether oxygens (including phenoxy) is 1. The van der Waals surface area contributed by atoms with Gasteiger partial charge in [0.05, 0.1) is 6.17 Å². The SMILES string of the molecule is CCCN1CNC(C)C2CCN([C@@H]3O[C@H]([C@H](O)c4ccc(C(C)C)cc4)[C@@](C)(O)[C@H]3O)C21. The quantitative estimate of drug-likeness (QED) is 0.530. The van der Waals surface area contributed by atoms with Crippen LogP contribution >= 0.6 is 0 Å². The number of nitrogens with zero attached hydrogens (tertiary/aromatic N) is 2. The van der Waals surface area contributed by atoms with E-state index < -0.39 is 30.1 Å². The van der Waals surface area contributed by atoms with E-state index >= 15 is 0 Å². The average molecular weight is 448 g/mol. The molecule has 3 fully saturated rings. The van der Waals surface area contributed by atoms with Gasteiger partial charge in [0, 0.05) is 31.7 Å². The molecule has 1 aromatic rings. The highest BCUT2D eigenvalue weighted by molar-refractivity contribution is 5.28. The molecule has 4 rings (SSSR count). The van der Waals surface area contributed by atoms with Crippen LogP contribution in [0.2, 0.25) is 0 Å². The lowest BCUT2D eigenvalue weighted by Gasteiger charge is -2.46. The van der Waals surface area contributed by atoms with Crippen molar-refractivity contribution in [3.05, 3.63) is 35.4 Å². The number of benzene rings is 1. The standard InChI is InChI=1S/C25H41N3O4/c1-6-12-27-14-26-16(4)19-11-13-28(23(19)27)24-21(30)25(5,31)22(32-24)20(29)18-9-7-17(8-10-18)15(2)3/h7-10,15-16,19-24,26,29-31H,6,11-14H2,1-5H3/t16?,19?,20-,21+,22-,23?,24-,25+/m1/s1. The van der Waals surface area contributed by atoms with Crippen molar-refractivity contribution in [3.8, 4) is 0 Å². The number of aliphatic hydroxyl groups excluding tert-OH is 2. The smallest absolute Gasteiger partial charge is 0.141 e. The van der Waals surface area contributed by atoms with Crippen LogP contribution in [-0.4, -0.2) is 81.1 Å². The van der Waals surface area contributed by atoms with Gasteiger partial charge in [-0.05, 0) is 43.7 Å². The molecule has 32 heavy (non-hydrogen) atoms. The minimum Gasteiger partial charge on any atom is -0.386 e. The van der Waals surface area contributed by atoms with Gasteiger partial charge in [0.2, 0.25) is 0 Å². The molecule has 0 radical (unpaired) electrons. The first-order valence-electron chi connectivity index (χ1n) is 12.2. The lowest BCUT2D eigenvalue weighted by molar-refractivity contribution is -0.150. The Morgan fingerprint density at radius 2 is 1.88 bits per heavy atom. The number of fused-ring (bicyclic) bond motifs is 1. The lowest BCUT2D eigenvalue weighted by Crippen LogP contribution is -2.63. The summed E-state index contributed by atoms with van der Waals surface area (Å²) in [6.45, 7) is 12.8. The van der Waals surface area contributed by atoms with Crippen LogP contribution in [0.1, 0.15) is 70.6 Å². The van der Waals surface area contributed by atoms with Gasteiger partial charge in [-0.15, -0.1) is 0 Å². The van der Waals surface area contributed by atoms with Crippen LogP contribution in [0.3, 0.4) is 0 Å². The van der Waals surface area contributed by atoms with Crippen molar-refractivity contribution in [2.24, 2.45) is 5.92 Å². The highest BCUT2D eigenvalue weighted by Crippen LogP contribution is 2.43. The van der Waals surface area contributed by atoms with Crippen LogP contribution in [0.15, 0.2) is 24.3 Å². The third-order valence-corrected chi connectivity index (χ3v) is 7.88. The molecule has 8 atom stereocenters. The number of hydrogen-bond donors (Lipinski definition) is 4. The molecular formula is C25H41N3O4. The van der Waals surface area contributed by atoms with E-state index in [1.165, 1.54) is 5.56 Å². The van der Waals surface area contributed by atoms with Crippen LogP contribution in [0.4, 0.5) is 0 Å². The molecule has 4 N–H and O–H groups in total. The van der Waals surface area contributed by atoms with Gasteiger partial charge in [0.25, 0.3) is 0 Å². The summed E-state index contributed by atoms with van der Waals surface area (Å²) in [6.07, 6.45) is -1.48. The zero-order valence-electron chi connectivity index (χ0n) is 20.1. The monoisotopic (exact) mass is 447 g/mol. The summed E-state index contributed by atoms with van der Waals surface area (Å²) in [5.74, 6) is 0.836. The zero-order chi connectivity index (χ0) is 23.2. The molecule has 3 aliphatic rings. The van der Waals surface area contributed by atoms with Gasteiger partial charge in [-0.3, -0.25) is 9.80 Å². The molecule has 3 saturated heterocycles. The van der Waals surface area contributed by atoms with Gasteiger partial charge >= 0.3 is 0 Å². The molecule has 1 aromatic carbocycles. The van der Waals surface area contributed by atoms with Crippen LogP contribution in [0, 0.1) is 5.92 Å². The van der Waals surface area contributed by atoms with Crippen molar-refractivity contribution < 1.29 is 20.1 Å². The third kappa shape index (κ3) is 4.13. The number of likely N-dealkylation sites (tertiary alicyclic amines) is 1. The molecule has 180 valence electrons. The van der Waals surface area contributed by atoms with Crippen LogP contribution in [0.25, 0.3) is 0 Å². The van der Waals surface area contributed by atoms with E-state index in [9.17, 15) is 15.3 Å². The fraction of sp³-hybridized carbons (Fsp3) is 0.760. The molecule has 3 aliphatic heterocycles. The number of nitrogens with one attached hydrogen (secondary N) is 1. The minimum atomic E-state index is -1.56.